The predicted molar refractivity (Wildman–Crippen MR) is 249 cm³/mol. The fraction of sp³-hybridized carbons (Fsp3) is 0.857. The van der Waals surface area contributed by atoms with Gasteiger partial charge in [-0.2, -0.15) is 0 Å². The number of nitrogens with one attached hydrogen (secondary N) is 1. The summed E-state index contributed by atoms with van der Waals surface area (Å²) in [5.74, 6) is -0.277. The molecule has 3 rings (SSSR count). The van der Waals surface area contributed by atoms with Crippen LogP contribution in [-0.2, 0) is 33.2 Å². The molecular formula is C49H87NO18. The van der Waals surface area contributed by atoms with Crippen molar-refractivity contribution in [1.29, 1.82) is 0 Å². The summed E-state index contributed by atoms with van der Waals surface area (Å²) in [5, 5.41) is 120. The third-order valence-corrected chi connectivity index (χ3v) is 12.7. The smallest absolute Gasteiger partial charge is 0.220 e. The van der Waals surface area contributed by atoms with E-state index in [0.717, 1.165) is 64.2 Å². The Morgan fingerprint density at radius 2 is 1.01 bits per heavy atom. The van der Waals surface area contributed by atoms with Crippen LogP contribution < -0.4 is 5.32 Å². The minimum atomic E-state index is -1.97. The Kier molecular flexibility index (Phi) is 30.5. The second kappa shape index (κ2) is 34.4. The molecule has 3 aliphatic rings. The molecule has 0 aromatic rings. The maximum absolute atomic E-state index is 13.2. The summed E-state index contributed by atoms with van der Waals surface area (Å²) in [6.07, 6.45) is 4.14. The summed E-state index contributed by atoms with van der Waals surface area (Å²) < 4.78 is 34.1. The van der Waals surface area contributed by atoms with Crippen LogP contribution in [0.1, 0.15) is 136 Å². The van der Waals surface area contributed by atoms with Gasteiger partial charge in [-0.15, -0.1) is 0 Å². The van der Waals surface area contributed by atoms with Crippen LogP contribution in [0.25, 0.3) is 0 Å². The standard InChI is InChI=1S/C49H87NO18/c1-3-5-7-9-11-13-15-16-17-19-21-23-25-27-37(55)50-32(33(54)26-24-22-20-18-14-12-10-8-6-4-2)31-63-47-43(61)40(58)45(35(29-52)65-47)68-49-44(62)41(59)46(36(30-53)66-49)67-48-42(60)39(57)38(56)34(28-51)64-48/h5,7,11,13,16-17,32-36,38-49,51-54,56-62H,3-4,6,8-10,12,14-15,18-31H2,1-2H3,(H,50,55)/b7-5-,13-11-,17-16-. The third-order valence-electron chi connectivity index (χ3n) is 12.7. The summed E-state index contributed by atoms with van der Waals surface area (Å²) >= 11 is 0. The highest BCUT2D eigenvalue weighted by molar-refractivity contribution is 5.76. The molecule has 3 aliphatic heterocycles. The number of aliphatic hydroxyl groups is 11. The van der Waals surface area contributed by atoms with Gasteiger partial charge in [0.2, 0.25) is 5.91 Å². The van der Waals surface area contributed by atoms with Gasteiger partial charge >= 0.3 is 0 Å². The van der Waals surface area contributed by atoms with Gasteiger partial charge in [-0.3, -0.25) is 4.79 Å². The number of ether oxygens (including phenoxy) is 6. The Labute approximate surface area is 402 Å². The molecule has 17 atom stereocenters. The van der Waals surface area contributed by atoms with E-state index in [-0.39, 0.29) is 18.9 Å². The molecule has 3 fully saturated rings. The van der Waals surface area contributed by atoms with E-state index in [2.05, 4.69) is 55.6 Å². The highest BCUT2D eigenvalue weighted by Crippen LogP contribution is 2.33. The minimum Gasteiger partial charge on any atom is -0.394 e. The fourth-order valence-corrected chi connectivity index (χ4v) is 8.50. The van der Waals surface area contributed by atoms with Gasteiger partial charge in [0.15, 0.2) is 18.9 Å². The van der Waals surface area contributed by atoms with Gasteiger partial charge in [0.05, 0.1) is 38.6 Å². The zero-order valence-corrected chi connectivity index (χ0v) is 40.3. The summed E-state index contributed by atoms with van der Waals surface area (Å²) in [6.45, 7) is 1.58. The van der Waals surface area contributed by atoms with Crippen molar-refractivity contribution in [3.05, 3.63) is 36.5 Å². The molecule has 396 valence electrons. The molecular weight excluding hydrogens is 891 g/mol. The number of allylic oxidation sites excluding steroid dienone is 6. The van der Waals surface area contributed by atoms with E-state index >= 15 is 0 Å². The Morgan fingerprint density at radius 1 is 0.544 bits per heavy atom. The maximum atomic E-state index is 13.2. The average molecular weight is 978 g/mol. The van der Waals surface area contributed by atoms with Crippen molar-refractivity contribution in [2.75, 3.05) is 26.4 Å². The van der Waals surface area contributed by atoms with Crippen molar-refractivity contribution in [2.24, 2.45) is 0 Å². The Hall–Kier alpha value is -1.99. The first-order valence-corrected chi connectivity index (χ1v) is 25.2. The van der Waals surface area contributed by atoms with Crippen LogP contribution in [0.5, 0.6) is 0 Å². The van der Waals surface area contributed by atoms with Gasteiger partial charge in [0.25, 0.3) is 0 Å². The van der Waals surface area contributed by atoms with Crippen LogP contribution >= 0.6 is 0 Å². The van der Waals surface area contributed by atoms with Gasteiger partial charge in [-0.25, -0.2) is 0 Å². The van der Waals surface area contributed by atoms with Crippen LogP contribution in [-0.4, -0.2) is 193 Å². The van der Waals surface area contributed by atoms with Crippen molar-refractivity contribution in [3.8, 4) is 0 Å². The van der Waals surface area contributed by atoms with Crippen LogP contribution in [0.15, 0.2) is 36.5 Å². The molecule has 3 heterocycles. The average Bonchev–Trinajstić information content (AvgIpc) is 3.33. The summed E-state index contributed by atoms with van der Waals surface area (Å²) in [5.41, 5.74) is 0. The van der Waals surface area contributed by atoms with Gasteiger partial charge < -0.3 is 89.9 Å². The lowest BCUT2D eigenvalue weighted by Gasteiger charge is -2.48. The Bertz CT molecular complexity index is 1400. The molecule has 0 radical (unpaired) electrons. The number of unbranched alkanes of at least 4 members (excludes halogenated alkanes) is 12. The molecule has 19 nitrogen and oxygen atoms in total. The third kappa shape index (κ3) is 20.3. The molecule has 19 heteroatoms. The number of carbonyl (C=O) groups is 1. The number of aliphatic hydroxyl groups excluding tert-OH is 11. The normalized spacial score (nSPS) is 33.5. The first-order valence-electron chi connectivity index (χ1n) is 25.2. The lowest BCUT2D eigenvalue weighted by Crippen LogP contribution is -2.66. The summed E-state index contributed by atoms with van der Waals surface area (Å²) in [7, 11) is 0. The molecule has 0 aromatic heterocycles. The van der Waals surface area contributed by atoms with Crippen LogP contribution in [0.2, 0.25) is 0 Å². The van der Waals surface area contributed by atoms with Gasteiger partial charge in [-0.05, 0) is 44.9 Å². The van der Waals surface area contributed by atoms with E-state index in [1.807, 2.05) is 0 Å². The molecule has 68 heavy (non-hydrogen) atoms. The van der Waals surface area contributed by atoms with Crippen molar-refractivity contribution in [2.45, 2.75) is 240 Å². The maximum Gasteiger partial charge on any atom is 0.220 e. The predicted octanol–water partition coefficient (Wildman–Crippen LogP) is 1.42. The van der Waals surface area contributed by atoms with E-state index in [9.17, 15) is 61.0 Å². The SMILES string of the molecule is CC/C=C\C/C=C\C/C=C\CCCCCC(=O)NC(COC1OC(CO)C(OC2OC(CO)C(OC3OC(CO)C(O)C(O)C3O)C(O)C2O)C(O)C1O)C(O)CCCCCCCCCCCC. The molecule has 1 amide bonds. The fourth-order valence-electron chi connectivity index (χ4n) is 8.50. The van der Waals surface area contributed by atoms with Gasteiger partial charge in [0, 0.05) is 6.42 Å². The van der Waals surface area contributed by atoms with Crippen molar-refractivity contribution in [3.63, 3.8) is 0 Å². The molecule has 0 aliphatic carbocycles. The molecule has 0 saturated carbocycles. The second-order valence-electron chi connectivity index (χ2n) is 18.3. The first kappa shape index (κ1) is 60.3. The van der Waals surface area contributed by atoms with E-state index in [4.69, 9.17) is 28.4 Å². The molecule has 0 bridgehead atoms. The van der Waals surface area contributed by atoms with E-state index in [0.29, 0.717) is 12.8 Å². The van der Waals surface area contributed by atoms with Crippen molar-refractivity contribution < 1.29 is 89.4 Å². The molecule has 0 spiro atoms. The number of hydrogen-bond acceptors (Lipinski definition) is 18. The molecule has 17 unspecified atom stereocenters. The second-order valence-corrected chi connectivity index (χ2v) is 18.3. The van der Waals surface area contributed by atoms with Crippen molar-refractivity contribution >= 4 is 5.91 Å². The van der Waals surface area contributed by atoms with Crippen molar-refractivity contribution in [1.82, 2.24) is 5.32 Å². The Morgan fingerprint density at radius 3 is 1.57 bits per heavy atom. The summed E-state index contributed by atoms with van der Waals surface area (Å²) in [4.78, 5) is 13.2. The highest BCUT2D eigenvalue weighted by atomic mass is 16.8. The highest BCUT2D eigenvalue weighted by Gasteiger charge is 2.53. The number of hydrogen-bond donors (Lipinski definition) is 12. The van der Waals surface area contributed by atoms with Gasteiger partial charge in [-0.1, -0.05) is 121 Å². The van der Waals surface area contributed by atoms with Crippen LogP contribution in [0, 0.1) is 0 Å². The zero-order valence-electron chi connectivity index (χ0n) is 40.3. The minimum absolute atomic E-state index is 0.230. The van der Waals surface area contributed by atoms with E-state index in [1.54, 1.807) is 0 Å². The van der Waals surface area contributed by atoms with Crippen LogP contribution in [0.4, 0.5) is 0 Å². The molecule has 12 N–H and O–H groups in total. The topological polar surface area (TPSA) is 307 Å². The monoisotopic (exact) mass is 978 g/mol. The van der Waals surface area contributed by atoms with Crippen LogP contribution in [0.3, 0.4) is 0 Å². The first-order chi connectivity index (χ1) is 32.8. The van der Waals surface area contributed by atoms with Gasteiger partial charge in [0.1, 0.15) is 73.2 Å². The summed E-state index contributed by atoms with van der Waals surface area (Å²) in [6, 6.07) is -0.898. The number of carbonyl (C=O) groups excluding carboxylic acids is 1. The Balaban J connectivity index is 1.57. The quantitative estimate of drug-likeness (QED) is 0.0321. The largest absolute Gasteiger partial charge is 0.394 e. The molecule has 3 saturated heterocycles. The lowest BCUT2D eigenvalue weighted by atomic mass is 9.96. The lowest BCUT2D eigenvalue weighted by molar-refractivity contribution is -0.379. The number of amides is 1. The van der Waals surface area contributed by atoms with E-state index < -0.39 is 124 Å². The zero-order chi connectivity index (χ0) is 49.8. The molecule has 0 aromatic carbocycles. The van der Waals surface area contributed by atoms with E-state index in [1.165, 1.54) is 38.5 Å². The number of rotatable bonds is 34.